The lowest BCUT2D eigenvalue weighted by Gasteiger charge is -2.29. The van der Waals surface area contributed by atoms with E-state index in [-0.39, 0.29) is 5.97 Å². The van der Waals surface area contributed by atoms with Gasteiger partial charge in [-0.1, -0.05) is 30.3 Å². The molecule has 2 rings (SSSR count). The smallest absolute Gasteiger partial charge is 0.337 e. The molecule has 0 spiro atoms. The number of hydrogen-bond acceptors (Lipinski definition) is 2. The van der Waals surface area contributed by atoms with Crippen LogP contribution < -0.4 is 4.48 Å². The summed E-state index contributed by atoms with van der Waals surface area (Å²) in [5.74, 6) is -0.298. The fourth-order valence-electron chi connectivity index (χ4n) is 2.24. The van der Waals surface area contributed by atoms with Gasteiger partial charge in [0.2, 0.25) is 0 Å². The van der Waals surface area contributed by atoms with Crippen molar-refractivity contribution in [3.8, 4) is 0 Å². The molecule has 0 saturated carbocycles. The van der Waals surface area contributed by atoms with Gasteiger partial charge in [0.05, 0.1) is 26.8 Å². The highest BCUT2D eigenvalue weighted by atomic mass is 16.5. The molecule has 3 nitrogen and oxygen atoms in total. The molecule has 20 heavy (non-hydrogen) atoms. The zero-order valence-corrected chi connectivity index (χ0v) is 12.2. The Hall–Kier alpha value is -2.13. The highest BCUT2D eigenvalue weighted by Gasteiger charge is 2.19. The Bertz CT molecular complexity index is 574. The fraction of sp³-hybridized carbons (Fsp3) is 0.235. The van der Waals surface area contributed by atoms with Crippen molar-refractivity contribution in [2.75, 3.05) is 21.2 Å². The van der Waals surface area contributed by atoms with Gasteiger partial charge in [-0.25, -0.2) is 4.79 Å². The second-order valence-electron chi connectivity index (χ2n) is 5.37. The number of nitrogens with zero attached hydrogens (tertiary/aromatic N) is 1. The summed E-state index contributed by atoms with van der Waals surface area (Å²) in [6.07, 6.45) is 0. The van der Waals surface area contributed by atoms with Gasteiger partial charge in [-0.05, 0) is 24.3 Å². The highest BCUT2D eigenvalue weighted by molar-refractivity contribution is 5.89. The second kappa shape index (κ2) is 5.88. The molecule has 0 aliphatic heterocycles. The summed E-state index contributed by atoms with van der Waals surface area (Å²) >= 11 is 0. The van der Waals surface area contributed by atoms with E-state index in [1.54, 1.807) is 0 Å². The van der Waals surface area contributed by atoms with Crippen LogP contribution in [0.4, 0.5) is 5.69 Å². The molecule has 0 aliphatic rings. The quantitative estimate of drug-likeness (QED) is 0.630. The maximum atomic E-state index is 11.4. The van der Waals surface area contributed by atoms with Crippen LogP contribution in [0.2, 0.25) is 0 Å². The maximum Gasteiger partial charge on any atom is 0.337 e. The number of quaternary nitrogens is 1. The molecule has 0 radical (unpaired) electrons. The normalized spacial score (nSPS) is 11.2. The zero-order valence-electron chi connectivity index (χ0n) is 12.2. The fourth-order valence-corrected chi connectivity index (χ4v) is 2.24. The van der Waals surface area contributed by atoms with Gasteiger partial charge in [-0.3, -0.25) is 4.48 Å². The minimum Gasteiger partial charge on any atom is -0.465 e. The van der Waals surface area contributed by atoms with Crippen LogP contribution in [0.25, 0.3) is 0 Å². The Kier molecular flexibility index (Phi) is 4.20. The Balaban J connectivity index is 2.15. The Labute approximate surface area is 120 Å². The number of esters is 1. The van der Waals surface area contributed by atoms with E-state index >= 15 is 0 Å². The molecule has 2 aromatic carbocycles. The molecule has 0 saturated heterocycles. The van der Waals surface area contributed by atoms with Crippen LogP contribution in [0.15, 0.2) is 54.6 Å². The van der Waals surface area contributed by atoms with Crippen molar-refractivity contribution < 1.29 is 9.53 Å². The lowest BCUT2D eigenvalue weighted by atomic mass is 10.1. The molecule has 0 fully saturated rings. The average Bonchev–Trinajstić information content (AvgIpc) is 2.48. The van der Waals surface area contributed by atoms with Gasteiger partial charge >= 0.3 is 5.97 Å². The minimum atomic E-state index is -0.298. The topological polar surface area (TPSA) is 26.3 Å². The van der Waals surface area contributed by atoms with Crippen molar-refractivity contribution in [2.24, 2.45) is 0 Å². The van der Waals surface area contributed by atoms with E-state index in [9.17, 15) is 4.79 Å². The molecule has 0 heterocycles. The molecule has 0 unspecified atom stereocenters. The Morgan fingerprint density at radius 2 is 1.60 bits per heavy atom. The highest BCUT2D eigenvalue weighted by Crippen LogP contribution is 2.21. The third-order valence-electron chi connectivity index (χ3n) is 3.41. The number of benzene rings is 2. The largest absolute Gasteiger partial charge is 0.465 e. The van der Waals surface area contributed by atoms with E-state index in [1.165, 1.54) is 18.4 Å². The predicted molar refractivity (Wildman–Crippen MR) is 81.6 cm³/mol. The van der Waals surface area contributed by atoms with E-state index in [1.807, 2.05) is 30.3 Å². The number of methoxy groups -OCH3 is 1. The van der Waals surface area contributed by atoms with Gasteiger partial charge in [0.15, 0.2) is 0 Å². The minimum absolute atomic E-state index is 0.298. The van der Waals surface area contributed by atoms with Gasteiger partial charge in [-0.15, -0.1) is 0 Å². The van der Waals surface area contributed by atoms with Gasteiger partial charge in [0.25, 0.3) is 0 Å². The van der Waals surface area contributed by atoms with Gasteiger partial charge in [0.1, 0.15) is 12.2 Å². The molecular formula is C17H20NO2+. The molecule has 0 N–H and O–H groups in total. The number of carbonyl (C=O) groups excluding carboxylic acids is 1. The Morgan fingerprint density at radius 1 is 1.00 bits per heavy atom. The zero-order chi connectivity index (χ0) is 14.6. The number of hydrogen-bond donors (Lipinski definition) is 0. The molecule has 2 aromatic rings. The molecule has 0 amide bonds. The third-order valence-corrected chi connectivity index (χ3v) is 3.41. The molecular weight excluding hydrogens is 250 g/mol. The SMILES string of the molecule is COC(=O)c1ccc(C[N+](C)(C)c2ccccc2)cc1. The van der Waals surface area contributed by atoms with E-state index in [4.69, 9.17) is 4.74 Å². The molecule has 3 heteroatoms. The maximum absolute atomic E-state index is 11.4. The standard InChI is InChI=1S/C17H20NO2/c1-18(2,16-7-5-4-6-8-16)13-14-9-11-15(12-10-14)17(19)20-3/h4-12H,13H2,1-3H3/q+1. The van der Waals surface area contributed by atoms with E-state index in [2.05, 4.69) is 38.4 Å². The predicted octanol–water partition coefficient (Wildman–Crippen LogP) is 3.24. The van der Waals surface area contributed by atoms with Gasteiger partial charge in [0, 0.05) is 5.56 Å². The van der Waals surface area contributed by atoms with Crippen molar-refractivity contribution in [1.82, 2.24) is 4.48 Å². The summed E-state index contributed by atoms with van der Waals surface area (Å²) in [5.41, 5.74) is 3.03. The second-order valence-corrected chi connectivity index (χ2v) is 5.37. The molecule has 0 atom stereocenters. The van der Waals surface area contributed by atoms with Crippen LogP contribution in [0, 0.1) is 0 Å². The number of rotatable bonds is 4. The van der Waals surface area contributed by atoms with Crippen LogP contribution in [-0.2, 0) is 11.3 Å². The van der Waals surface area contributed by atoms with Crippen LogP contribution in [0.3, 0.4) is 0 Å². The number of carbonyl (C=O) groups is 1. The van der Waals surface area contributed by atoms with Crippen molar-refractivity contribution >= 4 is 11.7 Å². The molecule has 0 aromatic heterocycles. The first-order valence-corrected chi connectivity index (χ1v) is 6.59. The summed E-state index contributed by atoms with van der Waals surface area (Å²) < 4.78 is 5.47. The lowest BCUT2D eigenvalue weighted by Crippen LogP contribution is -2.39. The summed E-state index contributed by atoms with van der Waals surface area (Å²) in [4.78, 5) is 11.4. The summed E-state index contributed by atoms with van der Waals surface area (Å²) in [6.45, 7) is 0.867. The molecule has 0 bridgehead atoms. The van der Waals surface area contributed by atoms with Crippen LogP contribution in [-0.4, -0.2) is 27.2 Å². The molecule has 0 aliphatic carbocycles. The van der Waals surface area contributed by atoms with Crippen LogP contribution in [0.5, 0.6) is 0 Å². The van der Waals surface area contributed by atoms with Crippen molar-refractivity contribution in [2.45, 2.75) is 6.54 Å². The third kappa shape index (κ3) is 3.25. The monoisotopic (exact) mass is 270 g/mol. The van der Waals surface area contributed by atoms with E-state index in [0.717, 1.165) is 11.0 Å². The van der Waals surface area contributed by atoms with Crippen molar-refractivity contribution in [3.05, 3.63) is 65.7 Å². The summed E-state index contributed by atoms with van der Waals surface area (Å²) in [7, 11) is 5.73. The van der Waals surface area contributed by atoms with E-state index < -0.39 is 0 Å². The Morgan fingerprint density at radius 3 is 2.15 bits per heavy atom. The van der Waals surface area contributed by atoms with E-state index in [0.29, 0.717) is 5.56 Å². The average molecular weight is 270 g/mol. The van der Waals surface area contributed by atoms with Crippen molar-refractivity contribution in [1.29, 1.82) is 0 Å². The first-order chi connectivity index (χ1) is 9.53. The van der Waals surface area contributed by atoms with Crippen molar-refractivity contribution in [3.63, 3.8) is 0 Å². The first kappa shape index (κ1) is 14.3. The summed E-state index contributed by atoms with van der Waals surface area (Å²) in [5, 5.41) is 0. The lowest BCUT2D eigenvalue weighted by molar-refractivity contribution is 0.0600. The van der Waals surface area contributed by atoms with Gasteiger partial charge < -0.3 is 4.74 Å². The molecule has 104 valence electrons. The van der Waals surface area contributed by atoms with Gasteiger partial charge in [-0.2, -0.15) is 0 Å². The number of para-hydroxylation sites is 1. The summed E-state index contributed by atoms with van der Waals surface area (Å²) in [6, 6.07) is 18.0. The first-order valence-electron chi connectivity index (χ1n) is 6.59. The van der Waals surface area contributed by atoms with Crippen LogP contribution >= 0.6 is 0 Å². The van der Waals surface area contributed by atoms with Crippen LogP contribution in [0.1, 0.15) is 15.9 Å². The number of ether oxygens (including phenoxy) is 1.